The SMILES string of the molecule is CN(C(=O)CC1NCCN(CC2CCC2)C1=O)c1ccccc1.Cl. The Kier molecular flexibility index (Phi) is 6.63. The molecule has 132 valence electrons. The molecule has 1 aromatic rings. The number of para-hydroxylation sites is 1. The lowest BCUT2D eigenvalue weighted by Gasteiger charge is -2.38. The zero-order chi connectivity index (χ0) is 16.2. The number of carbonyl (C=O) groups is 2. The molecule has 0 radical (unpaired) electrons. The highest BCUT2D eigenvalue weighted by Gasteiger charge is 2.33. The van der Waals surface area contributed by atoms with E-state index >= 15 is 0 Å². The fourth-order valence-electron chi connectivity index (χ4n) is 3.23. The first-order valence-corrected chi connectivity index (χ1v) is 8.49. The van der Waals surface area contributed by atoms with Gasteiger partial charge in [-0.3, -0.25) is 9.59 Å². The Morgan fingerprint density at radius 3 is 2.62 bits per heavy atom. The predicted molar refractivity (Wildman–Crippen MR) is 97.4 cm³/mol. The molecule has 3 rings (SSSR count). The van der Waals surface area contributed by atoms with Crippen LogP contribution in [0.2, 0.25) is 0 Å². The summed E-state index contributed by atoms with van der Waals surface area (Å²) < 4.78 is 0. The molecular formula is C18H26ClN3O2. The minimum absolute atomic E-state index is 0. The molecule has 1 saturated heterocycles. The van der Waals surface area contributed by atoms with E-state index in [1.54, 1.807) is 11.9 Å². The van der Waals surface area contributed by atoms with Gasteiger partial charge in [0.2, 0.25) is 11.8 Å². The number of nitrogens with one attached hydrogen (secondary N) is 1. The minimum Gasteiger partial charge on any atom is -0.340 e. The Labute approximate surface area is 149 Å². The van der Waals surface area contributed by atoms with Gasteiger partial charge in [0.05, 0.1) is 12.5 Å². The highest BCUT2D eigenvalue weighted by atomic mass is 35.5. The highest BCUT2D eigenvalue weighted by Crippen LogP contribution is 2.27. The summed E-state index contributed by atoms with van der Waals surface area (Å²) in [4.78, 5) is 28.6. The number of amides is 2. The van der Waals surface area contributed by atoms with E-state index in [4.69, 9.17) is 0 Å². The molecular weight excluding hydrogens is 326 g/mol. The number of hydrogen-bond acceptors (Lipinski definition) is 3. The van der Waals surface area contributed by atoms with Crippen LogP contribution in [0.5, 0.6) is 0 Å². The number of benzene rings is 1. The Hall–Kier alpha value is -1.59. The fourth-order valence-corrected chi connectivity index (χ4v) is 3.23. The Morgan fingerprint density at radius 2 is 2.00 bits per heavy atom. The Balaban J connectivity index is 0.00000208. The summed E-state index contributed by atoms with van der Waals surface area (Å²) in [6, 6.07) is 9.15. The van der Waals surface area contributed by atoms with Gasteiger partial charge < -0.3 is 15.1 Å². The van der Waals surface area contributed by atoms with E-state index in [-0.39, 0.29) is 36.7 Å². The van der Waals surface area contributed by atoms with Gasteiger partial charge in [-0.2, -0.15) is 0 Å². The summed E-state index contributed by atoms with van der Waals surface area (Å²) in [6.07, 6.45) is 3.97. The molecule has 1 aliphatic carbocycles. The van der Waals surface area contributed by atoms with Gasteiger partial charge in [0.25, 0.3) is 0 Å². The standard InChI is InChI=1S/C18H25N3O2.ClH/c1-20(15-8-3-2-4-9-15)17(22)12-16-18(23)21(11-10-19-16)13-14-6-5-7-14;/h2-4,8-9,14,16,19H,5-7,10-13H2,1H3;1H. The summed E-state index contributed by atoms with van der Waals surface area (Å²) in [7, 11) is 1.76. The second kappa shape index (κ2) is 8.49. The maximum Gasteiger partial charge on any atom is 0.240 e. The van der Waals surface area contributed by atoms with Crippen molar-refractivity contribution in [1.82, 2.24) is 10.2 Å². The third kappa shape index (κ3) is 4.28. The Bertz CT molecular complexity index is 563. The van der Waals surface area contributed by atoms with Crippen molar-refractivity contribution in [2.45, 2.75) is 31.7 Å². The minimum atomic E-state index is -0.387. The van der Waals surface area contributed by atoms with E-state index in [1.807, 2.05) is 35.2 Å². The second-order valence-corrected chi connectivity index (χ2v) is 6.58. The maximum atomic E-state index is 12.6. The summed E-state index contributed by atoms with van der Waals surface area (Å²) in [5.74, 6) is 0.714. The molecule has 24 heavy (non-hydrogen) atoms. The molecule has 2 aliphatic rings. The number of anilines is 1. The van der Waals surface area contributed by atoms with Crippen LogP contribution in [0.3, 0.4) is 0 Å². The topological polar surface area (TPSA) is 52.7 Å². The highest BCUT2D eigenvalue weighted by molar-refractivity contribution is 5.97. The molecule has 1 heterocycles. The van der Waals surface area contributed by atoms with E-state index in [0.717, 1.165) is 25.3 Å². The van der Waals surface area contributed by atoms with Crippen LogP contribution in [-0.2, 0) is 9.59 Å². The molecule has 2 amide bonds. The first-order chi connectivity index (χ1) is 11.1. The lowest BCUT2D eigenvalue weighted by Crippen LogP contribution is -2.57. The molecule has 0 aromatic heterocycles. The molecule has 1 atom stereocenters. The monoisotopic (exact) mass is 351 g/mol. The average Bonchev–Trinajstić information content (AvgIpc) is 2.54. The summed E-state index contributed by atoms with van der Waals surface area (Å²) in [5, 5.41) is 3.21. The van der Waals surface area contributed by atoms with E-state index in [2.05, 4.69) is 5.32 Å². The zero-order valence-electron chi connectivity index (χ0n) is 14.1. The molecule has 2 fully saturated rings. The lowest BCUT2D eigenvalue weighted by atomic mass is 9.85. The molecule has 1 N–H and O–H groups in total. The van der Waals surface area contributed by atoms with Crippen LogP contribution in [0, 0.1) is 5.92 Å². The van der Waals surface area contributed by atoms with Gasteiger partial charge in [-0.25, -0.2) is 0 Å². The zero-order valence-corrected chi connectivity index (χ0v) is 14.9. The van der Waals surface area contributed by atoms with Crippen LogP contribution < -0.4 is 10.2 Å². The third-order valence-corrected chi connectivity index (χ3v) is 4.98. The van der Waals surface area contributed by atoms with Gasteiger partial charge in [-0.15, -0.1) is 12.4 Å². The van der Waals surface area contributed by atoms with Crippen LogP contribution in [-0.4, -0.2) is 49.4 Å². The van der Waals surface area contributed by atoms with Gasteiger partial charge in [0, 0.05) is 32.4 Å². The van der Waals surface area contributed by atoms with Crippen LogP contribution in [0.25, 0.3) is 0 Å². The fraction of sp³-hybridized carbons (Fsp3) is 0.556. The van der Waals surface area contributed by atoms with Crippen molar-refractivity contribution >= 4 is 29.9 Å². The quantitative estimate of drug-likeness (QED) is 0.883. The number of rotatable bonds is 5. The van der Waals surface area contributed by atoms with Crippen LogP contribution >= 0.6 is 12.4 Å². The predicted octanol–water partition coefficient (Wildman–Crippen LogP) is 2.06. The molecule has 6 heteroatoms. The van der Waals surface area contributed by atoms with Gasteiger partial charge in [0.15, 0.2) is 0 Å². The van der Waals surface area contributed by atoms with Gasteiger partial charge >= 0.3 is 0 Å². The first-order valence-electron chi connectivity index (χ1n) is 8.49. The third-order valence-electron chi connectivity index (χ3n) is 4.98. The van der Waals surface area contributed by atoms with Gasteiger partial charge in [0.1, 0.15) is 0 Å². The van der Waals surface area contributed by atoms with Crippen LogP contribution in [0.4, 0.5) is 5.69 Å². The molecule has 1 aromatic carbocycles. The van der Waals surface area contributed by atoms with E-state index < -0.39 is 0 Å². The molecule has 5 nitrogen and oxygen atoms in total. The van der Waals surface area contributed by atoms with E-state index in [9.17, 15) is 9.59 Å². The number of nitrogens with zero attached hydrogens (tertiary/aromatic N) is 2. The van der Waals surface area contributed by atoms with Crippen LogP contribution in [0.15, 0.2) is 30.3 Å². The molecule has 1 aliphatic heterocycles. The van der Waals surface area contributed by atoms with Crippen molar-refractivity contribution in [1.29, 1.82) is 0 Å². The lowest BCUT2D eigenvalue weighted by molar-refractivity contribution is -0.138. The van der Waals surface area contributed by atoms with Gasteiger partial charge in [-0.05, 0) is 30.9 Å². The first kappa shape index (κ1) is 18.7. The van der Waals surface area contributed by atoms with Crippen molar-refractivity contribution in [3.05, 3.63) is 30.3 Å². The number of halogens is 1. The van der Waals surface area contributed by atoms with Gasteiger partial charge in [-0.1, -0.05) is 24.6 Å². The smallest absolute Gasteiger partial charge is 0.240 e. The largest absolute Gasteiger partial charge is 0.340 e. The summed E-state index contributed by atoms with van der Waals surface area (Å²) >= 11 is 0. The van der Waals surface area contributed by atoms with Crippen molar-refractivity contribution in [2.75, 3.05) is 31.6 Å². The average molecular weight is 352 g/mol. The summed E-state index contributed by atoms with van der Waals surface area (Å²) in [6.45, 7) is 2.39. The number of hydrogen-bond donors (Lipinski definition) is 1. The van der Waals surface area contributed by atoms with E-state index in [1.165, 1.54) is 19.3 Å². The van der Waals surface area contributed by atoms with Crippen molar-refractivity contribution in [3.8, 4) is 0 Å². The molecule has 1 unspecified atom stereocenters. The summed E-state index contributed by atoms with van der Waals surface area (Å²) in [5.41, 5.74) is 0.854. The molecule has 1 saturated carbocycles. The van der Waals surface area contributed by atoms with Crippen molar-refractivity contribution < 1.29 is 9.59 Å². The maximum absolute atomic E-state index is 12.6. The molecule has 0 spiro atoms. The second-order valence-electron chi connectivity index (χ2n) is 6.58. The van der Waals surface area contributed by atoms with Crippen molar-refractivity contribution in [3.63, 3.8) is 0 Å². The number of piperazine rings is 1. The van der Waals surface area contributed by atoms with Crippen LogP contribution in [0.1, 0.15) is 25.7 Å². The Morgan fingerprint density at radius 1 is 1.29 bits per heavy atom. The normalized spacial score (nSPS) is 21.0. The van der Waals surface area contributed by atoms with E-state index in [0.29, 0.717) is 5.92 Å². The van der Waals surface area contributed by atoms with Crippen molar-refractivity contribution in [2.24, 2.45) is 5.92 Å². The molecule has 0 bridgehead atoms. The number of carbonyl (C=O) groups excluding carboxylic acids is 2.